The maximum absolute atomic E-state index is 13.2. The lowest BCUT2D eigenvalue weighted by molar-refractivity contribution is -0.159. The Bertz CT molecular complexity index is 1230. The van der Waals surface area contributed by atoms with E-state index >= 15 is 0 Å². The average molecular weight is 492 g/mol. The van der Waals surface area contributed by atoms with Gasteiger partial charge >= 0.3 is 6.18 Å². The minimum Gasteiger partial charge on any atom is -0.347 e. The number of allylic oxidation sites excluding steroid dienone is 1. The van der Waals surface area contributed by atoms with E-state index in [0.717, 1.165) is 42.8 Å². The number of aromatic nitrogens is 3. The van der Waals surface area contributed by atoms with Gasteiger partial charge in [0.1, 0.15) is 12.1 Å². The third-order valence-corrected chi connectivity index (χ3v) is 5.88. The number of nitrogens with zero attached hydrogens (tertiary/aromatic N) is 3. The number of halogens is 4. The van der Waals surface area contributed by atoms with E-state index < -0.39 is 23.3 Å². The second-order valence-corrected chi connectivity index (χ2v) is 8.18. The van der Waals surface area contributed by atoms with E-state index in [9.17, 15) is 22.4 Å². The first-order valence-corrected chi connectivity index (χ1v) is 11.0. The van der Waals surface area contributed by atoms with Gasteiger partial charge in [-0.25, -0.2) is 13.9 Å². The first kappa shape index (κ1) is 25.0. The lowest BCUT2D eigenvalue weighted by atomic mass is 9.90. The zero-order chi connectivity index (χ0) is 25.1. The van der Waals surface area contributed by atoms with E-state index in [0.29, 0.717) is 18.8 Å². The van der Waals surface area contributed by atoms with Crippen molar-refractivity contribution < 1.29 is 31.8 Å². The Hall–Kier alpha value is -3.15. The van der Waals surface area contributed by atoms with E-state index in [2.05, 4.69) is 21.5 Å². The standard InChI is InChI=1S/C15H15N3O3.C9H9F4N/c19-9-11-7-13(14-16-10-17-18(14)8-11)12-1-3-15(4-2-12)20-5-6-21-15;1-14-5-6-3-2-4-7(8(6)10)9(11,12)13/h1,7-10H,2-6H2;2-4,14H,5H2,1H3. The Morgan fingerprint density at radius 1 is 1.26 bits per heavy atom. The van der Waals surface area contributed by atoms with Crippen LogP contribution in [0.25, 0.3) is 11.2 Å². The molecule has 0 atom stereocenters. The molecule has 0 unspecified atom stereocenters. The van der Waals surface area contributed by atoms with Crippen LogP contribution in [0.3, 0.4) is 0 Å². The first-order chi connectivity index (χ1) is 16.8. The summed E-state index contributed by atoms with van der Waals surface area (Å²) < 4.78 is 62.9. The summed E-state index contributed by atoms with van der Waals surface area (Å²) in [5.41, 5.74) is 2.30. The van der Waals surface area contributed by atoms with Gasteiger partial charge in [-0.3, -0.25) is 4.79 Å². The molecule has 5 rings (SSSR count). The molecule has 1 aliphatic heterocycles. The van der Waals surface area contributed by atoms with E-state index in [1.165, 1.54) is 24.0 Å². The van der Waals surface area contributed by atoms with Crippen LogP contribution < -0.4 is 5.32 Å². The number of rotatable bonds is 4. The minimum atomic E-state index is -4.63. The molecule has 3 heterocycles. The number of benzene rings is 1. The number of pyridine rings is 1. The molecule has 3 aromatic rings. The molecule has 11 heteroatoms. The fraction of sp³-hybridized carbons (Fsp3) is 0.375. The predicted octanol–water partition coefficient (Wildman–Crippen LogP) is 4.42. The van der Waals surface area contributed by atoms with Crippen LogP contribution in [0.5, 0.6) is 0 Å². The third kappa shape index (κ3) is 5.42. The van der Waals surface area contributed by atoms with E-state index in [1.807, 2.05) is 6.07 Å². The van der Waals surface area contributed by atoms with Gasteiger partial charge in [0.15, 0.2) is 17.7 Å². The lowest BCUT2D eigenvalue weighted by Gasteiger charge is -2.30. The second-order valence-electron chi connectivity index (χ2n) is 8.18. The molecule has 2 aliphatic rings. The van der Waals surface area contributed by atoms with Crippen molar-refractivity contribution in [3.8, 4) is 0 Å². The van der Waals surface area contributed by atoms with Gasteiger partial charge in [-0.15, -0.1) is 0 Å². The molecule has 35 heavy (non-hydrogen) atoms. The summed E-state index contributed by atoms with van der Waals surface area (Å²) >= 11 is 0. The van der Waals surface area contributed by atoms with Gasteiger partial charge in [0.05, 0.1) is 18.8 Å². The third-order valence-electron chi connectivity index (χ3n) is 5.88. The SMILES string of the molecule is CNCc1cccc(C(F)(F)F)c1F.O=Cc1cc(C2=CCC3(CC2)OCCO3)c2ncnn2c1. The number of hydrogen-bond donors (Lipinski definition) is 1. The molecule has 2 aromatic heterocycles. The van der Waals surface area contributed by atoms with Crippen molar-refractivity contribution in [2.75, 3.05) is 20.3 Å². The van der Waals surface area contributed by atoms with Crippen molar-refractivity contribution >= 4 is 17.5 Å². The molecule has 1 saturated heterocycles. The molecule has 1 aliphatic carbocycles. The predicted molar refractivity (Wildman–Crippen MR) is 119 cm³/mol. The largest absolute Gasteiger partial charge is 0.419 e. The number of carbonyl (C=O) groups is 1. The maximum atomic E-state index is 13.2. The Labute approximate surface area is 198 Å². The average Bonchev–Trinajstić information content (AvgIpc) is 3.50. The van der Waals surface area contributed by atoms with Gasteiger partial charge in [0, 0.05) is 42.3 Å². The highest BCUT2D eigenvalue weighted by Crippen LogP contribution is 2.39. The second kappa shape index (κ2) is 10.2. The summed E-state index contributed by atoms with van der Waals surface area (Å²) in [5, 5.41) is 6.72. The normalized spacial score (nSPS) is 17.2. The summed E-state index contributed by atoms with van der Waals surface area (Å²) in [6.45, 7) is 1.41. The van der Waals surface area contributed by atoms with E-state index in [-0.39, 0.29) is 12.1 Å². The molecule has 1 fully saturated rings. The minimum absolute atomic E-state index is 0.0160. The topological polar surface area (TPSA) is 77.8 Å². The summed E-state index contributed by atoms with van der Waals surface area (Å²) in [4.78, 5) is 15.4. The molecule has 1 spiro atoms. The number of alkyl halides is 3. The van der Waals surface area contributed by atoms with Crippen molar-refractivity contribution in [3.63, 3.8) is 0 Å². The van der Waals surface area contributed by atoms with E-state index in [1.54, 1.807) is 17.8 Å². The fourth-order valence-electron chi connectivity index (χ4n) is 4.19. The Balaban J connectivity index is 0.000000181. The highest BCUT2D eigenvalue weighted by Gasteiger charge is 2.38. The monoisotopic (exact) mass is 492 g/mol. The van der Waals surface area contributed by atoms with Gasteiger partial charge in [-0.05, 0) is 31.2 Å². The highest BCUT2D eigenvalue weighted by molar-refractivity contribution is 5.82. The van der Waals surface area contributed by atoms with Crippen molar-refractivity contribution in [2.24, 2.45) is 0 Å². The lowest BCUT2D eigenvalue weighted by Crippen LogP contribution is -2.31. The number of aldehydes is 1. The summed E-state index contributed by atoms with van der Waals surface area (Å²) in [7, 11) is 1.54. The Morgan fingerprint density at radius 3 is 2.66 bits per heavy atom. The molecule has 1 aromatic carbocycles. The molecular formula is C24H24F4N4O3. The van der Waals surface area contributed by atoms with Gasteiger partial charge in [0.25, 0.3) is 0 Å². The number of fused-ring (bicyclic) bond motifs is 1. The first-order valence-electron chi connectivity index (χ1n) is 11.0. The molecule has 0 bridgehead atoms. The van der Waals surface area contributed by atoms with Crippen molar-refractivity contribution in [1.29, 1.82) is 0 Å². The van der Waals surface area contributed by atoms with Gasteiger partial charge < -0.3 is 14.8 Å². The number of ether oxygens (including phenoxy) is 2. The van der Waals surface area contributed by atoms with Crippen LogP contribution in [-0.2, 0) is 22.2 Å². The molecule has 1 N–H and O–H groups in total. The highest BCUT2D eigenvalue weighted by atomic mass is 19.4. The van der Waals surface area contributed by atoms with Crippen LogP contribution in [0, 0.1) is 5.82 Å². The zero-order valence-corrected chi connectivity index (χ0v) is 18.9. The van der Waals surface area contributed by atoms with Crippen LogP contribution in [-0.4, -0.2) is 46.9 Å². The number of nitrogens with one attached hydrogen (secondary N) is 1. The van der Waals surface area contributed by atoms with Gasteiger partial charge in [0.2, 0.25) is 0 Å². The number of carbonyl (C=O) groups excluding carboxylic acids is 1. The van der Waals surface area contributed by atoms with Gasteiger partial charge in [-0.1, -0.05) is 18.2 Å². The van der Waals surface area contributed by atoms with Crippen LogP contribution in [0.4, 0.5) is 17.6 Å². The van der Waals surface area contributed by atoms with Crippen LogP contribution >= 0.6 is 0 Å². The maximum Gasteiger partial charge on any atom is 0.419 e. The number of hydrogen-bond acceptors (Lipinski definition) is 6. The molecular weight excluding hydrogens is 468 g/mol. The van der Waals surface area contributed by atoms with E-state index in [4.69, 9.17) is 9.47 Å². The van der Waals surface area contributed by atoms with Gasteiger partial charge in [-0.2, -0.15) is 18.3 Å². The van der Waals surface area contributed by atoms with Crippen molar-refractivity contribution in [1.82, 2.24) is 19.9 Å². The molecule has 7 nitrogen and oxygen atoms in total. The molecule has 0 amide bonds. The molecule has 0 radical (unpaired) electrons. The fourth-order valence-corrected chi connectivity index (χ4v) is 4.19. The quantitative estimate of drug-likeness (QED) is 0.429. The smallest absolute Gasteiger partial charge is 0.347 e. The summed E-state index contributed by atoms with van der Waals surface area (Å²) in [5.74, 6) is -1.63. The van der Waals surface area contributed by atoms with Crippen LogP contribution in [0.1, 0.15) is 46.3 Å². The summed E-state index contributed by atoms with van der Waals surface area (Å²) in [6.07, 6.45) is 3.91. The Morgan fingerprint density at radius 2 is 2.03 bits per heavy atom. The van der Waals surface area contributed by atoms with Crippen molar-refractivity contribution in [2.45, 2.75) is 37.8 Å². The van der Waals surface area contributed by atoms with Crippen LogP contribution in [0.15, 0.2) is 42.9 Å². The molecule has 0 saturated carbocycles. The van der Waals surface area contributed by atoms with Crippen LogP contribution in [0.2, 0.25) is 0 Å². The summed E-state index contributed by atoms with van der Waals surface area (Å²) in [6, 6.07) is 5.12. The zero-order valence-electron chi connectivity index (χ0n) is 18.9. The van der Waals surface area contributed by atoms with Crippen molar-refractivity contribution in [3.05, 3.63) is 70.9 Å². The Kier molecular flexibility index (Phi) is 7.29. The molecule has 186 valence electrons.